The van der Waals surface area contributed by atoms with Gasteiger partial charge in [-0.05, 0) is 48.9 Å². The van der Waals surface area contributed by atoms with Gasteiger partial charge in [0.2, 0.25) is 0 Å². The van der Waals surface area contributed by atoms with Gasteiger partial charge in [0.25, 0.3) is 0 Å². The number of oxime groups is 1. The molecule has 0 aliphatic carbocycles. The van der Waals surface area contributed by atoms with Gasteiger partial charge < -0.3 is 15.3 Å². The number of para-hydroxylation sites is 1. The predicted octanol–water partition coefficient (Wildman–Crippen LogP) is 4.86. The molecule has 0 saturated carbocycles. The highest BCUT2D eigenvalue weighted by Gasteiger charge is 2.15. The van der Waals surface area contributed by atoms with Gasteiger partial charge in [0.15, 0.2) is 0 Å². The second-order valence-electron chi connectivity index (χ2n) is 6.36. The van der Waals surface area contributed by atoms with Crippen LogP contribution in [0, 0.1) is 18.3 Å². The van der Waals surface area contributed by atoms with E-state index in [0.717, 1.165) is 22.5 Å². The molecule has 4 aromatic rings. The summed E-state index contributed by atoms with van der Waals surface area (Å²) in [4.78, 5) is 0. The highest BCUT2D eigenvalue weighted by Crippen LogP contribution is 2.31. The maximum Gasteiger partial charge on any atom is 0.127 e. The van der Waals surface area contributed by atoms with Crippen molar-refractivity contribution in [2.24, 2.45) is 5.16 Å². The van der Waals surface area contributed by atoms with Crippen LogP contribution in [0.1, 0.15) is 16.7 Å². The Balaban J connectivity index is 1.67. The summed E-state index contributed by atoms with van der Waals surface area (Å²) in [5, 5.41) is 29.1. The van der Waals surface area contributed by atoms with Crippen molar-refractivity contribution in [1.29, 1.82) is 5.26 Å². The Bertz CT molecular complexity index is 1220. The number of aryl methyl sites for hydroxylation is 1. The standard InChI is InChI=1S/C22H17N5O2/c1-15-17(13-25-28)14-27-22(15)21(16(11-23)12-24-27)26-18-7-9-20(10-8-18)29-19-5-3-2-4-6-19/h2-10,12-14,26,28H,1H3/b25-13+. The molecule has 142 valence electrons. The number of hydrogen-bond donors (Lipinski definition) is 2. The number of benzene rings is 2. The molecule has 0 fully saturated rings. The Kier molecular flexibility index (Phi) is 4.82. The Morgan fingerprint density at radius 1 is 1.14 bits per heavy atom. The molecule has 0 bridgehead atoms. The van der Waals surface area contributed by atoms with E-state index in [1.165, 1.54) is 12.4 Å². The molecular formula is C22H17N5O2. The van der Waals surface area contributed by atoms with Gasteiger partial charge in [0.05, 0.1) is 29.2 Å². The molecule has 0 saturated heterocycles. The van der Waals surface area contributed by atoms with Gasteiger partial charge in [0.1, 0.15) is 17.6 Å². The maximum absolute atomic E-state index is 9.54. The molecule has 2 aromatic carbocycles. The molecule has 0 atom stereocenters. The third kappa shape index (κ3) is 3.59. The number of nitriles is 1. The largest absolute Gasteiger partial charge is 0.457 e. The van der Waals surface area contributed by atoms with E-state index < -0.39 is 0 Å². The minimum atomic E-state index is 0.413. The molecule has 0 spiro atoms. The average Bonchev–Trinajstić information content (AvgIpc) is 3.06. The summed E-state index contributed by atoms with van der Waals surface area (Å²) in [6, 6.07) is 19.2. The zero-order chi connectivity index (χ0) is 20.2. The fourth-order valence-electron chi connectivity index (χ4n) is 3.09. The van der Waals surface area contributed by atoms with E-state index in [1.54, 1.807) is 10.7 Å². The van der Waals surface area contributed by atoms with Gasteiger partial charge in [-0.25, -0.2) is 4.52 Å². The third-order valence-corrected chi connectivity index (χ3v) is 4.52. The molecule has 2 N–H and O–H groups in total. The molecule has 0 unspecified atom stereocenters. The molecule has 7 nitrogen and oxygen atoms in total. The van der Waals surface area contributed by atoms with Gasteiger partial charge in [-0.15, -0.1) is 0 Å². The van der Waals surface area contributed by atoms with Crippen LogP contribution in [0.2, 0.25) is 0 Å². The van der Waals surface area contributed by atoms with E-state index in [-0.39, 0.29) is 0 Å². The van der Waals surface area contributed by atoms with Crippen LogP contribution >= 0.6 is 0 Å². The molecule has 2 heterocycles. The normalized spacial score (nSPS) is 10.9. The summed E-state index contributed by atoms with van der Waals surface area (Å²) in [6.07, 6.45) is 4.59. The minimum absolute atomic E-state index is 0.413. The Morgan fingerprint density at radius 2 is 1.86 bits per heavy atom. The summed E-state index contributed by atoms with van der Waals surface area (Å²) in [6.45, 7) is 1.89. The number of aromatic nitrogens is 2. The van der Waals surface area contributed by atoms with Crippen LogP contribution in [0.3, 0.4) is 0 Å². The first-order valence-corrected chi connectivity index (χ1v) is 8.88. The summed E-state index contributed by atoms with van der Waals surface area (Å²) in [7, 11) is 0. The van der Waals surface area contributed by atoms with Crippen molar-refractivity contribution in [3.05, 3.63) is 83.7 Å². The van der Waals surface area contributed by atoms with Crippen molar-refractivity contribution >= 4 is 23.1 Å². The second kappa shape index (κ2) is 7.74. The maximum atomic E-state index is 9.54. The fraction of sp³-hybridized carbons (Fsp3) is 0.0455. The van der Waals surface area contributed by atoms with Crippen molar-refractivity contribution in [3.8, 4) is 17.6 Å². The van der Waals surface area contributed by atoms with Crippen molar-refractivity contribution in [1.82, 2.24) is 9.61 Å². The van der Waals surface area contributed by atoms with Crippen LogP contribution in [0.5, 0.6) is 11.5 Å². The zero-order valence-electron chi connectivity index (χ0n) is 15.6. The lowest BCUT2D eigenvalue weighted by Gasteiger charge is -2.12. The number of fused-ring (bicyclic) bond motifs is 1. The number of anilines is 2. The number of nitrogens with zero attached hydrogens (tertiary/aromatic N) is 4. The van der Waals surface area contributed by atoms with Crippen LogP contribution < -0.4 is 10.1 Å². The monoisotopic (exact) mass is 383 g/mol. The van der Waals surface area contributed by atoms with Crippen LogP contribution in [0.25, 0.3) is 5.52 Å². The quantitative estimate of drug-likeness (QED) is 0.292. The number of ether oxygens (including phenoxy) is 1. The topological polar surface area (TPSA) is 94.9 Å². The smallest absolute Gasteiger partial charge is 0.127 e. The molecule has 0 aliphatic rings. The minimum Gasteiger partial charge on any atom is -0.457 e. The second-order valence-corrected chi connectivity index (χ2v) is 6.36. The van der Waals surface area contributed by atoms with E-state index in [1.807, 2.05) is 61.5 Å². The first-order chi connectivity index (χ1) is 14.2. The van der Waals surface area contributed by atoms with Gasteiger partial charge in [-0.1, -0.05) is 23.4 Å². The van der Waals surface area contributed by atoms with Crippen molar-refractivity contribution < 1.29 is 9.94 Å². The summed E-state index contributed by atoms with van der Waals surface area (Å²) in [5.41, 5.74) is 4.14. The van der Waals surface area contributed by atoms with Crippen molar-refractivity contribution in [2.75, 3.05) is 5.32 Å². The first kappa shape index (κ1) is 18.1. The van der Waals surface area contributed by atoms with E-state index in [2.05, 4.69) is 21.6 Å². The molecule has 0 aliphatic heterocycles. The molecule has 7 heteroatoms. The van der Waals surface area contributed by atoms with E-state index >= 15 is 0 Å². The van der Waals surface area contributed by atoms with Gasteiger partial charge >= 0.3 is 0 Å². The van der Waals surface area contributed by atoms with Crippen LogP contribution in [-0.2, 0) is 0 Å². The van der Waals surface area contributed by atoms with Crippen molar-refractivity contribution in [2.45, 2.75) is 6.92 Å². The Morgan fingerprint density at radius 3 is 2.55 bits per heavy atom. The molecule has 2 aromatic heterocycles. The Hall–Kier alpha value is -4.31. The van der Waals surface area contributed by atoms with Gasteiger partial charge in [0, 0.05) is 17.4 Å². The summed E-state index contributed by atoms with van der Waals surface area (Å²) >= 11 is 0. The lowest BCUT2D eigenvalue weighted by Crippen LogP contribution is -2.00. The summed E-state index contributed by atoms with van der Waals surface area (Å²) < 4.78 is 7.47. The molecule has 0 radical (unpaired) electrons. The molecular weight excluding hydrogens is 366 g/mol. The summed E-state index contributed by atoms with van der Waals surface area (Å²) in [5.74, 6) is 1.47. The van der Waals surface area contributed by atoms with E-state index in [4.69, 9.17) is 9.94 Å². The van der Waals surface area contributed by atoms with Gasteiger partial charge in [-0.2, -0.15) is 10.4 Å². The lowest BCUT2D eigenvalue weighted by atomic mass is 10.1. The average molecular weight is 383 g/mol. The van der Waals surface area contributed by atoms with Crippen LogP contribution in [-0.4, -0.2) is 21.0 Å². The zero-order valence-corrected chi connectivity index (χ0v) is 15.6. The van der Waals surface area contributed by atoms with Crippen LogP contribution in [0.15, 0.2) is 72.1 Å². The predicted molar refractivity (Wildman–Crippen MR) is 110 cm³/mol. The number of rotatable bonds is 5. The molecule has 0 amide bonds. The molecule has 29 heavy (non-hydrogen) atoms. The number of nitrogens with one attached hydrogen (secondary N) is 1. The molecule has 4 rings (SSSR count). The first-order valence-electron chi connectivity index (χ1n) is 8.88. The highest BCUT2D eigenvalue weighted by molar-refractivity contribution is 5.92. The third-order valence-electron chi connectivity index (χ3n) is 4.52. The van der Waals surface area contributed by atoms with Gasteiger partial charge in [-0.3, -0.25) is 0 Å². The van der Waals surface area contributed by atoms with E-state index in [0.29, 0.717) is 22.6 Å². The number of hydrogen-bond acceptors (Lipinski definition) is 6. The fourth-order valence-corrected chi connectivity index (χ4v) is 3.09. The lowest BCUT2D eigenvalue weighted by molar-refractivity contribution is 0.322. The van der Waals surface area contributed by atoms with E-state index in [9.17, 15) is 5.26 Å². The highest BCUT2D eigenvalue weighted by atomic mass is 16.5. The van der Waals surface area contributed by atoms with Crippen LogP contribution in [0.4, 0.5) is 11.4 Å². The Labute approximate surface area is 167 Å². The van der Waals surface area contributed by atoms with Crippen molar-refractivity contribution in [3.63, 3.8) is 0 Å². The SMILES string of the molecule is Cc1c(/C=N/O)cn2ncc(C#N)c(Nc3ccc(Oc4ccccc4)cc3)c12.